The third-order valence-corrected chi connectivity index (χ3v) is 14.1. The van der Waals surface area contributed by atoms with Crippen molar-refractivity contribution in [3.05, 3.63) is 180 Å². The number of nitrogens with zero attached hydrogens (tertiary/aromatic N) is 1. The molecule has 0 spiro atoms. The third kappa shape index (κ3) is 4.69. The van der Waals surface area contributed by atoms with Gasteiger partial charge in [-0.2, -0.15) is 10.0 Å². The van der Waals surface area contributed by atoms with Crippen molar-refractivity contribution in [3.8, 4) is 5.69 Å². The van der Waals surface area contributed by atoms with E-state index in [0.29, 0.717) is 5.92 Å². The smallest absolute Gasteiger partial charge is 0.123 e. The van der Waals surface area contributed by atoms with Crippen LogP contribution in [0.25, 0.3) is 33.1 Å². The zero-order chi connectivity index (χ0) is 31.1. The molecule has 0 aliphatic heterocycles. The Hall–Kier alpha value is -4.86. The van der Waals surface area contributed by atoms with Crippen LogP contribution >= 0.6 is 10.0 Å². The highest BCUT2D eigenvalue weighted by Gasteiger charge is 2.42. The zero-order valence-corrected chi connectivity index (χ0v) is 26.7. The fourth-order valence-electron chi connectivity index (χ4n) is 7.55. The summed E-state index contributed by atoms with van der Waals surface area (Å²) in [6, 6.07) is 44.6. The number of halogens is 1. The Morgan fingerprint density at radius 3 is 2.04 bits per heavy atom. The van der Waals surface area contributed by atoms with Gasteiger partial charge in [0.05, 0.1) is 11.0 Å². The molecule has 1 aromatic heterocycles. The SMILES string of the molecule is CC1CC(c2ccccc2)=CC=C1S(c1ccccc1)(c1ccc2c(c1)c1cc(F)ccc1n2-c1ccccc1)C1C=CC=CC1. The van der Waals surface area contributed by atoms with Gasteiger partial charge in [0.2, 0.25) is 0 Å². The molecule has 1 heterocycles. The fraction of sp³-hybridized carbons (Fsp3) is 0.116. The summed E-state index contributed by atoms with van der Waals surface area (Å²) in [4.78, 5) is 4.19. The van der Waals surface area contributed by atoms with E-state index in [4.69, 9.17) is 0 Å². The van der Waals surface area contributed by atoms with Gasteiger partial charge < -0.3 is 4.57 Å². The molecule has 0 bridgehead atoms. The molecule has 3 heteroatoms. The van der Waals surface area contributed by atoms with Crippen molar-refractivity contribution < 1.29 is 4.39 Å². The van der Waals surface area contributed by atoms with E-state index in [-0.39, 0.29) is 11.1 Å². The van der Waals surface area contributed by atoms with Crippen LogP contribution in [-0.2, 0) is 0 Å². The largest absolute Gasteiger partial charge is 0.309 e. The summed E-state index contributed by atoms with van der Waals surface area (Å²) in [6.07, 6.45) is 15.9. The zero-order valence-electron chi connectivity index (χ0n) is 25.9. The summed E-state index contributed by atoms with van der Waals surface area (Å²) >= 11 is 0. The fourth-order valence-corrected chi connectivity index (χ4v) is 12.3. The van der Waals surface area contributed by atoms with Crippen LogP contribution in [0.3, 0.4) is 0 Å². The van der Waals surface area contributed by atoms with E-state index in [1.54, 1.807) is 12.1 Å². The molecular weight excluding hydrogens is 582 g/mol. The van der Waals surface area contributed by atoms with Crippen LogP contribution in [0.4, 0.5) is 4.39 Å². The van der Waals surface area contributed by atoms with Gasteiger partial charge in [-0.25, -0.2) is 4.39 Å². The highest BCUT2D eigenvalue weighted by atomic mass is 32.3. The van der Waals surface area contributed by atoms with Crippen molar-refractivity contribution in [1.29, 1.82) is 0 Å². The molecule has 0 amide bonds. The number of fused-ring (bicyclic) bond motifs is 3. The Morgan fingerprint density at radius 1 is 0.674 bits per heavy atom. The molecular formula is C43H36FNS. The second-order valence-corrected chi connectivity index (χ2v) is 15.6. The lowest BCUT2D eigenvalue weighted by Gasteiger charge is -2.51. The van der Waals surface area contributed by atoms with Gasteiger partial charge in [0.25, 0.3) is 0 Å². The lowest BCUT2D eigenvalue weighted by molar-refractivity contribution is 0.629. The minimum Gasteiger partial charge on any atom is -0.309 e. The lowest BCUT2D eigenvalue weighted by atomic mass is 9.91. The summed E-state index contributed by atoms with van der Waals surface area (Å²) in [5.74, 6) is 0.128. The summed E-state index contributed by atoms with van der Waals surface area (Å²) in [6.45, 7) is 2.41. The third-order valence-electron chi connectivity index (χ3n) is 9.57. The molecule has 0 radical (unpaired) electrons. The molecule has 2 aliphatic carbocycles. The van der Waals surface area contributed by atoms with Crippen LogP contribution in [0.15, 0.2) is 179 Å². The Morgan fingerprint density at radius 2 is 1.35 bits per heavy atom. The molecule has 8 rings (SSSR count). The summed E-state index contributed by atoms with van der Waals surface area (Å²) in [5.41, 5.74) is 5.86. The van der Waals surface area contributed by atoms with Gasteiger partial charge in [0.1, 0.15) is 5.82 Å². The molecule has 3 unspecified atom stereocenters. The second kappa shape index (κ2) is 11.8. The van der Waals surface area contributed by atoms with Crippen molar-refractivity contribution in [1.82, 2.24) is 4.57 Å². The number of aromatic nitrogens is 1. The Balaban J connectivity index is 1.43. The minimum absolute atomic E-state index is 0.214. The van der Waals surface area contributed by atoms with Crippen molar-refractivity contribution in [3.63, 3.8) is 0 Å². The predicted octanol–water partition coefficient (Wildman–Crippen LogP) is 12.0. The van der Waals surface area contributed by atoms with Gasteiger partial charge in [-0.05, 0) is 105 Å². The predicted molar refractivity (Wildman–Crippen MR) is 194 cm³/mol. The first-order chi connectivity index (χ1) is 22.6. The highest BCUT2D eigenvalue weighted by Crippen LogP contribution is 2.75. The van der Waals surface area contributed by atoms with Crippen LogP contribution in [0, 0.1) is 11.7 Å². The van der Waals surface area contributed by atoms with E-state index < -0.39 is 10.0 Å². The molecule has 2 aliphatic rings. The van der Waals surface area contributed by atoms with E-state index in [1.807, 2.05) is 12.1 Å². The maximum atomic E-state index is 14.9. The maximum Gasteiger partial charge on any atom is 0.123 e. The molecule has 5 aromatic carbocycles. The number of hydrogen-bond acceptors (Lipinski definition) is 0. The average molecular weight is 618 g/mol. The van der Waals surface area contributed by atoms with E-state index in [9.17, 15) is 4.39 Å². The van der Waals surface area contributed by atoms with E-state index in [0.717, 1.165) is 40.3 Å². The van der Waals surface area contributed by atoms with E-state index in [2.05, 4.69) is 151 Å². The number of allylic oxidation sites excluding steroid dienone is 7. The summed E-state index contributed by atoms with van der Waals surface area (Å²) < 4.78 is 17.2. The van der Waals surface area contributed by atoms with Gasteiger partial charge in [-0.1, -0.05) is 110 Å². The summed E-state index contributed by atoms with van der Waals surface area (Å²) in [7, 11) is -1.76. The van der Waals surface area contributed by atoms with Crippen LogP contribution in [0.2, 0.25) is 0 Å². The normalized spacial score (nSPS) is 19.9. The van der Waals surface area contributed by atoms with Gasteiger partial charge >= 0.3 is 0 Å². The van der Waals surface area contributed by atoms with Crippen molar-refractivity contribution in [2.45, 2.75) is 34.8 Å². The molecule has 6 aromatic rings. The monoisotopic (exact) mass is 617 g/mol. The van der Waals surface area contributed by atoms with Crippen LogP contribution < -0.4 is 0 Å². The molecule has 1 nitrogen and oxygen atoms in total. The molecule has 46 heavy (non-hydrogen) atoms. The quantitative estimate of drug-likeness (QED) is 0.175. The first kappa shape index (κ1) is 28.6. The molecule has 226 valence electrons. The van der Waals surface area contributed by atoms with Gasteiger partial charge in [0.15, 0.2) is 0 Å². The number of rotatable bonds is 6. The second-order valence-electron chi connectivity index (χ2n) is 12.3. The van der Waals surface area contributed by atoms with Crippen LogP contribution in [0.1, 0.15) is 25.3 Å². The number of benzene rings is 5. The topological polar surface area (TPSA) is 4.93 Å². The standard InChI is InChI=1S/C43H36FNS/c1-31-28-33(32-14-6-2-7-15-32)22-27-43(31)46(36-18-10-4-11-19-36,37-20-12-5-13-21-37)38-24-26-42-40(30-38)39-29-34(44)23-25-41(39)45(42)35-16-8-3-9-17-35/h2-20,22-27,29-31,37H,21,28H2,1H3. The number of para-hydroxylation sites is 1. The van der Waals surface area contributed by atoms with Gasteiger partial charge in [0, 0.05) is 21.7 Å². The van der Waals surface area contributed by atoms with E-state index in [1.165, 1.54) is 25.8 Å². The molecule has 0 N–H and O–H groups in total. The van der Waals surface area contributed by atoms with Crippen molar-refractivity contribution in [2.24, 2.45) is 5.92 Å². The maximum absolute atomic E-state index is 14.9. The Labute approximate surface area is 272 Å². The van der Waals surface area contributed by atoms with Crippen molar-refractivity contribution >= 4 is 37.4 Å². The van der Waals surface area contributed by atoms with Gasteiger partial charge in [-0.15, -0.1) is 0 Å². The average Bonchev–Trinajstić information content (AvgIpc) is 3.44. The van der Waals surface area contributed by atoms with Gasteiger partial charge in [-0.3, -0.25) is 0 Å². The van der Waals surface area contributed by atoms with Crippen LogP contribution in [0.5, 0.6) is 0 Å². The molecule has 0 fully saturated rings. The van der Waals surface area contributed by atoms with Crippen LogP contribution in [-0.4, -0.2) is 9.82 Å². The van der Waals surface area contributed by atoms with E-state index >= 15 is 0 Å². The molecule has 0 saturated heterocycles. The minimum atomic E-state index is -1.76. The molecule has 0 saturated carbocycles. The molecule has 3 atom stereocenters. The Bertz CT molecular complexity index is 2170. The lowest BCUT2D eigenvalue weighted by Crippen LogP contribution is -2.24. The first-order valence-corrected chi connectivity index (χ1v) is 17.8. The highest BCUT2D eigenvalue weighted by molar-refractivity contribution is 8.37. The number of hydrogen-bond donors (Lipinski definition) is 0. The Kier molecular flexibility index (Phi) is 7.35. The summed E-state index contributed by atoms with van der Waals surface area (Å²) in [5, 5.41) is 2.32. The first-order valence-electron chi connectivity index (χ1n) is 16.1. The van der Waals surface area contributed by atoms with Crippen molar-refractivity contribution in [2.75, 3.05) is 0 Å².